The van der Waals surface area contributed by atoms with E-state index in [1.54, 1.807) is 0 Å². The van der Waals surface area contributed by atoms with Crippen LogP contribution in [0.1, 0.15) is 33.4 Å². The van der Waals surface area contributed by atoms with E-state index in [-0.39, 0.29) is 0 Å². The van der Waals surface area contributed by atoms with Crippen LogP contribution < -0.4 is 0 Å². The van der Waals surface area contributed by atoms with Gasteiger partial charge in [-0.3, -0.25) is 0 Å². The average molecular weight is 729 g/mol. The lowest BCUT2D eigenvalue weighted by Gasteiger charge is -2.37. The molecule has 0 bridgehead atoms. The summed E-state index contributed by atoms with van der Waals surface area (Å²) in [6, 6.07) is 74.2. The highest BCUT2D eigenvalue weighted by molar-refractivity contribution is 5.90. The van der Waals surface area contributed by atoms with Crippen molar-refractivity contribution >= 4 is 0 Å². The van der Waals surface area contributed by atoms with E-state index in [4.69, 9.17) is 9.97 Å². The molecule has 270 valence electrons. The molecule has 0 saturated heterocycles. The van der Waals surface area contributed by atoms with Crippen LogP contribution in [0.3, 0.4) is 0 Å². The zero-order valence-corrected chi connectivity index (χ0v) is 32.0. The summed E-state index contributed by atoms with van der Waals surface area (Å²) in [6.45, 7) is 4.57. The number of aryl methyl sites for hydroxylation is 1. The van der Waals surface area contributed by atoms with Crippen LogP contribution in [0, 0.1) is 13.8 Å². The Balaban J connectivity index is 1.14. The number of hydrogen-bond donors (Lipinski definition) is 0. The van der Waals surface area contributed by atoms with Crippen molar-refractivity contribution in [1.82, 2.24) is 9.97 Å². The minimum Gasteiger partial charge on any atom is -0.228 e. The largest absolute Gasteiger partial charge is 0.228 e. The summed E-state index contributed by atoms with van der Waals surface area (Å²) in [7, 11) is 0. The summed E-state index contributed by atoms with van der Waals surface area (Å²) in [5.41, 5.74) is 19.5. The molecule has 2 nitrogen and oxygen atoms in total. The summed E-state index contributed by atoms with van der Waals surface area (Å²) in [6.07, 6.45) is 0. The Bertz CT molecular complexity index is 2820. The topological polar surface area (TPSA) is 25.8 Å². The monoisotopic (exact) mass is 728 g/mol. The first-order chi connectivity index (χ1) is 28.1. The summed E-state index contributed by atoms with van der Waals surface area (Å²) in [5, 5.41) is 0. The molecular weight excluding hydrogens is 689 g/mol. The van der Waals surface area contributed by atoms with Gasteiger partial charge in [0.2, 0.25) is 0 Å². The van der Waals surface area contributed by atoms with Crippen LogP contribution >= 0.6 is 0 Å². The predicted molar refractivity (Wildman–Crippen MR) is 236 cm³/mol. The van der Waals surface area contributed by atoms with E-state index in [0.717, 1.165) is 33.6 Å². The van der Waals surface area contributed by atoms with Crippen LogP contribution in [-0.2, 0) is 5.41 Å². The van der Waals surface area contributed by atoms with Gasteiger partial charge in [0.05, 0.1) is 16.8 Å². The standard InChI is InChI=1S/C55H40N2/c1-37-19-9-14-31-48(37)55(50-32-15-12-28-46(50)47-29-13-16-33-51(47)55)49-34-18-30-43(38(49)2)45-27-11-10-26-44(45)41-24-17-25-42(35-41)54-56-52(39-20-5-3-6-21-39)36-53(57-54)40-22-7-4-8-23-40/h3-36H,1-2H3. The van der Waals surface area contributed by atoms with Crippen LogP contribution in [0.15, 0.2) is 206 Å². The van der Waals surface area contributed by atoms with Crippen LogP contribution in [0.2, 0.25) is 0 Å². The molecule has 1 aliphatic carbocycles. The maximum atomic E-state index is 5.15. The van der Waals surface area contributed by atoms with Gasteiger partial charge in [-0.1, -0.05) is 194 Å². The van der Waals surface area contributed by atoms with Gasteiger partial charge in [-0.25, -0.2) is 9.97 Å². The lowest BCUT2D eigenvalue weighted by atomic mass is 9.65. The fraction of sp³-hybridized carbons (Fsp3) is 0.0545. The fourth-order valence-electron chi connectivity index (χ4n) is 9.17. The lowest BCUT2D eigenvalue weighted by molar-refractivity contribution is 0.754. The molecule has 1 aromatic heterocycles. The van der Waals surface area contributed by atoms with Crippen molar-refractivity contribution in [3.05, 3.63) is 240 Å². The summed E-state index contributed by atoms with van der Waals surface area (Å²) < 4.78 is 0. The summed E-state index contributed by atoms with van der Waals surface area (Å²) >= 11 is 0. The Hall–Kier alpha value is -7.16. The van der Waals surface area contributed by atoms with E-state index in [0.29, 0.717) is 5.82 Å². The second kappa shape index (κ2) is 14.2. The molecule has 0 saturated carbocycles. The molecule has 0 fully saturated rings. The number of fused-ring (bicyclic) bond motifs is 3. The van der Waals surface area contributed by atoms with Crippen molar-refractivity contribution in [2.24, 2.45) is 0 Å². The number of benzene rings is 8. The molecular formula is C55H40N2. The summed E-state index contributed by atoms with van der Waals surface area (Å²) in [4.78, 5) is 10.3. The third-order valence-corrected chi connectivity index (χ3v) is 11.8. The quantitative estimate of drug-likeness (QED) is 0.163. The van der Waals surface area contributed by atoms with Crippen LogP contribution in [0.5, 0.6) is 0 Å². The third-order valence-electron chi connectivity index (χ3n) is 11.8. The van der Waals surface area contributed by atoms with E-state index in [1.165, 1.54) is 61.2 Å². The molecule has 0 aliphatic heterocycles. The fourth-order valence-corrected chi connectivity index (χ4v) is 9.17. The Kier molecular flexibility index (Phi) is 8.53. The maximum absolute atomic E-state index is 5.15. The second-order valence-electron chi connectivity index (χ2n) is 15.0. The Morgan fingerprint density at radius 1 is 0.316 bits per heavy atom. The molecule has 0 N–H and O–H groups in total. The first-order valence-electron chi connectivity index (χ1n) is 19.7. The van der Waals surface area contributed by atoms with Crippen LogP contribution in [0.25, 0.3) is 67.3 Å². The highest BCUT2D eigenvalue weighted by atomic mass is 14.9. The Morgan fingerprint density at radius 2 is 0.754 bits per heavy atom. The SMILES string of the molecule is Cc1ccccc1C1(c2cccc(-c3ccccc3-c3cccc(-c4nc(-c5ccccc5)cc(-c5ccccc5)n4)c3)c2C)c2ccccc2-c2ccccc21. The van der Waals surface area contributed by atoms with Gasteiger partial charge in [-0.05, 0) is 92.7 Å². The van der Waals surface area contributed by atoms with Gasteiger partial charge in [0.25, 0.3) is 0 Å². The molecule has 8 aromatic carbocycles. The smallest absolute Gasteiger partial charge is 0.160 e. The molecule has 57 heavy (non-hydrogen) atoms. The van der Waals surface area contributed by atoms with Gasteiger partial charge in [-0.15, -0.1) is 0 Å². The van der Waals surface area contributed by atoms with E-state index < -0.39 is 5.41 Å². The van der Waals surface area contributed by atoms with Crippen molar-refractivity contribution < 1.29 is 0 Å². The molecule has 0 unspecified atom stereocenters. The van der Waals surface area contributed by atoms with Crippen molar-refractivity contribution in [2.75, 3.05) is 0 Å². The van der Waals surface area contributed by atoms with Gasteiger partial charge >= 0.3 is 0 Å². The number of hydrogen-bond acceptors (Lipinski definition) is 2. The summed E-state index contributed by atoms with van der Waals surface area (Å²) in [5.74, 6) is 0.700. The van der Waals surface area contributed by atoms with E-state index in [1.807, 2.05) is 12.1 Å². The van der Waals surface area contributed by atoms with Crippen molar-refractivity contribution in [1.29, 1.82) is 0 Å². The van der Waals surface area contributed by atoms with E-state index in [2.05, 4.69) is 208 Å². The van der Waals surface area contributed by atoms with Gasteiger partial charge in [0.1, 0.15) is 0 Å². The zero-order chi connectivity index (χ0) is 38.3. The molecule has 0 spiro atoms. The molecule has 10 rings (SSSR count). The van der Waals surface area contributed by atoms with E-state index >= 15 is 0 Å². The minimum atomic E-state index is -0.481. The number of aromatic nitrogens is 2. The molecule has 1 heterocycles. The van der Waals surface area contributed by atoms with Gasteiger partial charge in [0.15, 0.2) is 5.82 Å². The Morgan fingerprint density at radius 3 is 1.37 bits per heavy atom. The minimum absolute atomic E-state index is 0.481. The van der Waals surface area contributed by atoms with Gasteiger partial charge in [-0.2, -0.15) is 0 Å². The number of nitrogens with zero attached hydrogens (tertiary/aromatic N) is 2. The number of rotatable bonds is 7. The second-order valence-corrected chi connectivity index (χ2v) is 15.0. The molecule has 0 radical (unpaired) electrons. The van der Waals surface area contributed by atoms with Gasteiger partial charge < -0.3 is 0 Å². The van der Waals surface area contributed by atoms with Crippen molar-refractivity contribution in [3.8, 4) is 67.3 Å². The normalized spacial score (nSPS) is 12.5. The van der Waals surface area contributed by atoms with E-state index in [9.17, 15) is 0 Å². The Labute approximate surface area is 334 Å². The van der Waals surface area contributed by atoms with Crippen molar-refractivity contribution in [3.63, 3.8) is 0 Å². The van der Waals surface area contributed by atoms with Gasteiger partial charge in [0, 0.05) is 16.7 Å². The third kappa shape index (κ3) is 5.72. The molecule has 0 atom stereocenters. The zero-order valence-electron chi connectivity index (χ0n) is 32.0. The highest BCUT2D eigenvalue weighted by Crippen LogP contribution is 2.58. The first kappa shape index (κ1) is 34.3. The first-order valence-corrected chi connectivity index (χ1v) is 19.7. The average Bonchev–Trinajstić information content (AvgIpc) is 3.58. The highest BCUT2D eigenvalue weighted by Gasteiger charge is 2.47. The maximum Gasteiger partial charge on any atom is 0.160 e. The molecule has 9 aromatic rings. The molecule has 1 aliphatic rings. The van der Waals surface area contributed by atoms with Crippen molar-refractivity contribution in [2.45, 2.75) is 19.3 Å². The van der Waals surface area contributed by atoms with Crippen LogP contribution in [-0.4, -0.2) is 9.97 Å². The predicted octanol–water partition coefficient (Wildman–Crippen LogP) is 13.8. The van der Waals surface area contributed by atoms with Crippen LogP contribution in [0.4, 0.5) is 0 Å². The lowest BCUT2D eigenvalue weighted by Crippen LogP contribution is -2.30. The molecule has 2 heteroatoms. The molecule has 0 amide bonds.